The van der Waals surface area contributed by atoms with Crippen molar-refractivity contribution in [2.75, 3.05) is 24.5 Å². The van der Waals surface area contributed by atoms with Gasteiger partial charge in [0.05, 0.1) is 12.5 Å². The molecule has 2 aromatic rings. The molecular weight excluding hydrogens is 407 g/mol. The Morgan fingerprint density at radius 2 is 1.75 bits per heavy atom. The Kier molecular flexibility index (Phi) is 8.76. The highest BCUT2D eigenvalue weighted by Gasteiger charge is 2.22. The first-order chi connectivity index (χ1) is 15.5. The van der Waals surface area contributed by atoms with Crippen LogP contribution in [0, 0.1) is 17.1 Å². The van der Waals surface area contributed by atoms with Crippen molar-refractivity contribution in [2.24, 2.45) is 0 Å². The number of benzene rings is 2. The Hall–Kier alpha value is -3.24. The van der Waals surface area contributed by atoms with Gasteiger partial charge in [-0.1, -0.05) is 30.3 Å². The minimum absolute atomic E-state index is 0.103. The van der Waals surface area contributed by atoms with Crippen LogP contribution in [0.4, 0.5) is 10.1 Å². The number of para-hydroxylation sites is 1. The number of nitriles is 1. The summed E-state index contributed by atoms with van der Waals surface area (Å²) in [5.74, 6) is -0.509. The molecule has 0 unspecified atom stereocenters. The van der Waals surface area contributed by atoms with Gasteiger partial charge >= 0.3 is 0 Å². The summed E-state index contributed by atoms with van der Waals surface area (Å²) in [6, 6.07) is 17.9. The molecule has 2 aromatic carbocycles. The highest BCUT2D eigenvalue weighted by atomic mass is 19.1. The summed E-state index contributed by atoms with van der Waals surface area (Å²) in [7, 11) is 0. The highest BCUT2D eigenvalue weighted by molar-refractivity contribution is 5.95. The number of hydrogen-bond donors (Lipinski definition) is 1. The standard InChI is InChI=1S/C25H29FN4O2/c26-21-9-7-20(8-10-21)19-29-17-13-22(14-18-29)28-24(31)11-12-25(32)30(16-4-15-27)23-5-2-1-3-6-23/h1-3,5-10,22H,4,11-14,16-19H2,(H,28,31). The van der Waals surface area contributed by atoms with Crippen LogP contribution in [0.3, 0.4) is 0 Å². The monoisotopic (exact) mass is 436 g/mol. The van der Waals surface area contributed by atoms with Crippen molar-refractivity contribution in [3.05, 3.63) is 66.0 Å². The van der Waals surface area contributed by atoms with Gasteiger partial charge in [-0.3, -0.25) is 14.5 Å². The van der Waals surface area contributed by atoms with Gasteiger partial charge in [-0.15, -0.1) is 0 Å². The van der Waals surface area contributed by atoms with Crippen LogP contribution in [0.1, 0.15) is 37.7 Å². The fourth-order valence-corrected chi connectivity index (χ4v) is 3.91. The summed E-state index contributed by atoms with van der Waals surface area (Å²) < 4.78 is 13.0. The van der Waals surface area contributed by atoms with E-state index in [1.807, 2.05) is 30.3 Å². The molecule has 0 atom stereocenters. The predicted molar refractivity (Wildman–Crippen MR) is 121 cm³/mol. The summed E-state index contributed by atoms with van der Waals surface area (Å²) in [4.78, 5) is 29.0. The van der Waals surface area contributed by atoms with Gasteiger partial charge in [-0.05, 0) is 42.7 Å². The molecule has 7 heteroatoms. The Morgan fingerprint density at radius 3 is 2.41 bits per heavy atom. The highest BCUT2D eigenvalue weighted by Crippen LogP contribution is 2.17. The molecular formula is C25H29FN4O2. The van der Waals surface area contributed by atoms with E-state index in [9.17, 15) is 14.0 Å². The van der Waals surface area contributed by atoms with Crippen molar-refractivity contribution < 1.29 is 14.0 Å². The molecule has 2 amide bonds. The second-order valence-corrected chi connectivity index (χ2v) is 8.03. The van der Waals surface area contributed by atoms with E-state index >= 15 is 0 Å². The van der Waals surface area contributed by atoms with Crippen molar-refractivity contribution in [2.45, 2.75) is 44.7 Å². The summed E-state index contributed by atoms with van der Waals surface area (Å²) >= 11 is 0. The minimum Gasteiger partial charge on any atom is -0.353 e. The molecule has 0 spiro atoms. The number of hydrogen-bond acceptors (Lipinski definition) is 4. The second kappa shape index (κ2) is 12.0. The zero-order chi connectivity index (χ0) is 22.8. The number of rotatable bonds is 9. The van der Waals surface area contributed by atoms with Crippen molar-refractivity contribution in [1.82, 2.24) is 10.2 Å². The maximum atomic E-state index is 13.0. The van der Waals surface area contributed by atoms with E-state index in [1.165, 1.54) is 12.1 Å². The molecule has 0 bridgehead atoms. The molecule has 168 valence electrons. The Morgan fingerprint density at radius 1 is 1.06 bits per heavy atom. The molecule has 0 aliphatic carbocycles. The molecule has 1 saturated heterocycles. The zero-order valence-corrected chi connectivity index (χ0v) is 18.2. The molecule has 6 nitrogen and oxygen atoms in total. The van der Waals surface area contributed by atoms with Crippen LogP contribution < -0.4 is 10.2 Å². The number of nitrogens with zero attached hydrogens (tertiary/aromatic N) is 3. The van der Waals surface area contributed by atoms with Crippen LogP contribution >= 0.6 is 0 Å². The molecule has 0 radical (unpaired) electrons. The lowest BCUT2D eigenvalue weighted by molar-refractivity contribution is -0.125. The number of halogens is 1. The van der Waals surface area contributed by atoms with Gasteiger partial charge < -0.3 is 10.2 Å². The topological polar surface area (TPSA) is 76.4 Å². The average molecular weight is 437 g/mol. The quantitative estimate of drug-likeness (QED) is 0.651. The number of carbonyl (C=O) groups is 2. The van der Waals surface area contributed by atoms with E-state index in [0.29, 0.717) is 6.54 Å². The van der Waals surface area contributed by atoms with Crippen molar-refractivity contribution >= 4 is 17.5 Å². The second-order valence-electron chi connectivity index (χ2n) is 8.03. The normalized spacial score (nSPS) is 14.5. The first-order valence-corrected chi connectivity index (χ1v) is 11.0. The van der Waals surface area contributed by atoms with Crippen LogP contribution in [0.15, 0.2) is 54.6 Å². The lowest BCUT2D eigenvalue weighted by Gasteiger charge is -2.32. The van der Waals surface area contributed by atoms with E-state index in [2.05, 4.69) is 16.3 Å². The maximum Gasteiger partial charge on any atom is 0.227 e. The molecule has 3 rings (SSSR count). The van der Waals surface area contributed by atoms with Crippen LogP contribution in [0.25, 0.3) is 0 Å². The van der Waals surface area contributed by atoms with Gasteiger partial charge in [0, 0.05) is 50.7 Å². The third kappa shape index (κ3) is 7.17. The predicted octanol–water partition coefficient (Wildman–Crippen LogP) is 3.63. The number of carbonyl (C=O) groups excluding carboxylic acids is 2. The number of likely N-dealkylation sites (tertiary alicyclic amines) is 1. The van der Waals surface area contributed by atoms with Crippen molar-refractivity contribution in [1.29, 1.82) is 5.26 Å². The number of piperidine rings is 1. The molecule has 0 aromatic heterocycles. The Bertz CT molecular complexity index is 919. The molecule has 1 N–H and O–H groups in total. The number of amides is 2. The summed E-state index contributed by atoms with van der Waals surface area (Å²) in [5, 5.41) is 11.9. The van der Waals surface area contributed by atoms with E-state index in [1.54, 1.807) is 17.0 Å². The lowest BCUT2D eigenvalue weighted by atomic mass is 10.0. The number of nitrogens with one attached hydrogen (secondary N) is 1. The largest absolute Gasteiger partial charge is 0.353 e. The Balaban J connectivity index is 1.41. The summed E-state index contributed by atoms with van der Waals surface area (Å²) in [5.41, 5.74) is 1.81. The van der Waals surface area contributed by atoms with Crippen LogP contribution in [0.5, 0.6) is 0 Å². The molecule has 1 fully saturated rings. The third-order valence-corrected chi connectivity index (χ3v) is 5.65. The van der Waals surface area contributed by atoms with Gasteiger partial charge in [0.25, 0.3) is 0 Å². The van der Waals surface area contributed by atoms with E-state index in [4.69, 9.17) is 5.26 Å². The molecule has 1 aliphatic rings. The van der Waals surface area contributed by atoms with Gasteiger partial charge in [-0.2, -0.15) is 5.26 Å². The fourth-order valence-electron chi connectivity index (χ4n) is 3.91. The first-order valence-electron chi connectivity index (χ1n) is 11.0. The molecule has 32 heavy (non-hydrogen) atoms. The molecule has 0 saturated carbocycles. The fraction of sp³-hybridized carbons (Fsp3) is 0.400. The smallest absolute Gasteiger partial charge is 0.227 e. The average Bonchev–Trinajstić information content (AvgIpc) is 2.81. The van der Waals surface area contributed by atoms with Crippen LogP contribution in [-0.4, -0.2) is 42.4 Å². The SMILES string of the molecule is N#CCCN(C(=O)CCC(=O)NC1CCN(Cc2ccc(F)cc2)CC1)c1ccccc1. The van der Waals surface area contributed by atoms with E-state index in [0.717, 1.165) is 43.7 Å². The van der Waals surface area contributed by atoms with Gasteiger partial charge in [0.1, 0.15) is 5.82 Å². The maximum absolute atomic E-state index is 13.0. The van der Waals surface area contributed by atoms with Crippen molar-refractivity contribution in [3.8, 4) is 6.07 Å². The van der Waals surface area contributed by atoms with Gasteiger partial charge in [0.15, 0.2) is 0 Å². The molecule has 1 aliphatic heterocycles. The minimum atomic E-state index is -0.231. The van der Waals surface area contributed by atoms with Gasteiger partial charge in [-0.25, -0.2) is 4.39 Å². The summed E-state index contributed by atoms with van der Waals surface area (Å²) in [6.45, 7) is 2.80. The van der Waals surface area contributed by atoms with E-state index in [-0.39, 0.29) is 42.9 Å². The van der Waals surface area contributed by atoms with Crippen LogP contribution in [-0.2, 0) is 16.1 Å². The van der Waals surface area contributed by atoms with E-state index < -0.39 is 0 Å². The van der Waals surface area contributed by atoms with Crippen molar-refractivity contribution in [3.63, 3.8) is 0 Å². The zero-order valence-electron chi connectivity index (χ0n) is 18.2. The summed E-state index contributed by atoms with van der Waals surface area (Å²) in [6.07, 6.45) is 2.17. The Labute approximate surface area is 188 Å². The number of anilines is 1. The first kappa shape index (κ1) is 23.4. The molecule has 1 heterocycles. The van der Waals surface area contributed by atoms with Gasteiger partial charge in [0.2, 0.25) is 11.8 Å². The van der Waals surface area contributed by atoms with Crippen LogP contribution in [0.2, 0.25) is 0 Å². The third-order valence-electron chi connectivity index (χ3n) is 5.65. The lowest BCUT2D eigenvalue weighted by Crippen LogP contribution is -2.44.